The van der Waals surface area contributed by atoms with Crippen molar-refractivity contribution in [2.75, 3.05) is 25.1 Å². The van der Waals surface area contributed by atoms with E-state index >= 15 is 0 Å². The Balaban J connectivity index is 1.82. The summed E-state index contributed by atoms with van der Waals surface area (Å²) in [5, 5.41) is 2.80. The highest BCUT2D eigenvalue weighted by molar-refractivity contribution is 7.91. The van der Waals surface area contributed by atoms with Gasteiger partial charge in [0.15, 0.2) is 15.7 Å². The van der Waals surface area contributed by atoms with Crippen LogP contribution in [-0.4, -0.2) is 65.8 Å². The van der Waals surface area contributed by atoms with E-state index in [4.69, 9.17) is 0 Å². The summed E-state index contributed by atoms with van der Waals surface area (Å²) in [6, 6.07) is -0.380. The Bertz CT molecular complexity index is 831. The van der Waals surface area contributed by atoms with Crippen LogP contribution in [0.25, 0.3) is 0 Å². The molecule has 3 heterocycles. The Labute approximate surface area is 160 Å². The maximum Gasteiger partial charge on any atom is 0.289 e. The van der Waals surface area contributed by atoms with Crippen molar-refractivity contribution in [2.24, 2.45) is 0 Å². The average molecular weight is 397 g/mol. The SMILES string of the molecule is CCCCN(C)C(=O)c1nc(C(=O)NC2CCS(=O)(=O)C2)c2n1CCCC2. The van der Waals surface area contributed by atoms with E-state index < -0.39 is 9.84 Å². The first-order chi connectivity index (χ1) is 12.8. The van der Waals surface area contributed by atoms with E-state index in [-0.39, 0.29) is 35.1 Å². The highest BCUT2D eigenvalue weighted by Crippen LogP contribution is 2.22. The predicted octanol–water partition coefficient (Wildman–Crippen LogP) is 1.01. The topological polar surface area (TPSA) is 101 Å². The monoisotopic (exact) mass is 396 g/mol. The lowest BCUT2D eigenvalue weighted by Gasteiger charge is -2.20. The molecule has 0 aromatic carbocycles. The molecule has 3 rings (SSSR count). The quantitative estimate of drug-likeness (QED) is 0.773. The molecule has 2 amide bonds. The molecular formula is C18H28N4O4S. The summed E-state index contributed by atoms with van der Waals surface area (Å²) in [4.78, 5) is 31.6. The standard InChI is InChI=1S/C18H28N4O4S/c1-3-4-9-21(2)18(24)16-20-15(14-7-5-6-10-22(14)16)17(23)19-13-8-11-27(25,26)12-13/h13H,3-12H2,1-2H3,(H,19,23). The molecule has 9 heteroatoms. The zero-order valence-corrected chi connectivity index (χ0v) is 16.8. The van der Waals surface area contributed by atoms with Crippen molar-refractivity contribution < 1.29 is 18.0 Å². The first kappa shape index (κ1) is 19.9. The summed E-state index contributed by atoms with van der Waals surface area (Å²) >= 11 is 0. The van der Waals surface area contributed by atoms with E-state index in [1.807, 2.05) is 4.57 Å². The molecule has 150 valence electrons. The Morgan fingerprint density at radius 1 is 1.33 bits per heavy atom. The second-order valence-electron chi connectivity index (χ2n) is 7.49. The highest BCUT2D eigenvalue weighted by Gasteiger charge is 2.33. The minimum Gasteiger partial charge on any atom is -0.347 e. The van der Waals surface area contributed by atoms with Crippen LogP contribution in [0.2, 0.25) is 0 Å². The second kappa shape index (κ2) is 8.00. The Hall–Kier alpha value is -1.90. The van der Waals surface area contributed by atoms with Crippen LogP contribution >= 0.6 is 0 Å². The smallest absolute Gasteiger partial charge is 0.289 e. The third kappa shape index (κ3) is 4.34. The van der Waals surface area contributed by atoms with Crippen LogP contribution in [0.5, 0.6) is 0 Å². The van der Waals surface area contributed by atoms with Gasteiger partial charge in [0.1, 0.15) is 5.69 Å². The molecule has 0 spiro atoms. The zero-order valence-electron chi connectivity index (χ0n) is 16.0. The van der Waals surface area contributed by atoms with Gasteiger partial charge in [0.25, 0.3) is 11.8 Å². The van der Waals surface area contributed by atoms with Crippen LogP contribution in [0.4, 0.5) is 0 Å². The van der Waals surface area contributed by atoms with Crippen molar-refractivity contribution in [3.63, 3.8) is 0 Å². The van der Waals surface area contributed by atoms with Gasteiger partial charge in [-0.2, -0.15) is 0 Å². The molecule has 1 aromatic rings. The number of carbonyl (C=O) groups excluding carboxylic acids is 2. The number of hydrogen-bond donors (Lipinski definition) is 1. The summed E-state index contributed by atoms with van der Waals surface area (Å²) < 4.78 is 25.1. The van der Waals surface area contributed by atoms with Gasteiger partial charge in [0.05, 0.1) is 17.2 Å². The lowest BCUT2D eigenvalue weighted by molar-refractivity contribution is 0.0775. The lowest BCUT2D eigenvalue weighted by Crippen LogP contribution is -2.36. The number of imidazole rings is 1. The fourth-order valence-corrected chi connectivity index (χ4v) is 5.39. The van der Waals surface area contributed by atoms with E-state index in [9.17, 15) is 18.0 Å². The molecule has 2 aliphatic rings. The fourth-order valence-electron chi connectivity index (χ4n) is 3.72. The van der Waals surface area contributed by atoms with Crippen LogP contribution in [0, 0.1) is 0 Å². The van der Waals surface area contributed by atoms with Gasteiger partial charge in [0, 0.05) is 26.2 Å². The molecule has 8 nitrogen and oxygen atoms in total. The zero-order chi connectivity index (χ0) is 19.6. The predicted molar refractivity (Wildman–Crippen MR) is 102 cm³/mol. The van der Waals surface area contributed by atoms with Crippen LogP contribution in [0.3, 0.4) is 0 Å². The van der Waals surface area contributed by atoms with Gasteiger partial charge in [-0.25, -0.2) is 13.4 Å². The summed E-state index contributed by atoms with van der Waals surface area (Å²) in [7, 11) is -1.31. The van der Waals surface area contributed by atoms with E-state index in [2.05, 4.69) is 17.2 Å². The second-order valence-corrected chi connectivity index (χ2v) is 9.72. The molecule has 1 aromatic heterocycles. The number of amides is 2. The molecule has 1 saturated heterocycles. The number of nitrogens with zero attached hydrogens (tertiary/aromatic N) is 3. The van der Waals surface area contributed by atoms with Gasteiger partial charge in [0.2, 0.25) is 0 Å². The van der Waals surface area contributed by atoms with E-state index in [1.165, 1.54) is 0 Å². The van der Waals surface area contributed by atoms with Gasteiger partial charge in [-0.3, -0.25) is 9.59 Å². The Morgan fingerprint density at radius 2 is 2.11 bits per heavy atom. The largest absolute Gasteiger partial charge is 0.347 e. The number of rotatable bonds is 6. The summed E-state index contributed by atoms with van der Waals surface area (Å²) in [5.74, 6) is -0.162. The maximum absolute atomic E-state index is 12.8. The van der Waals surface area contributed by atoms with E-state index in [0.29, 0.717) is 31.8 Å². The molecule has 1 N–H and O–H groups in total. The van der Waals surface area contributed by atoms with Crippen molar-refractivity contribution in [2.45, 2.75) is 58.0 Å². The Morgan fingerprint density at radius 3 is 2.78 bits per heavy atom. The molecule has 1 atom stereocenters. The maximum atomic E-state index is 12.8. The van der Waals surface area contributed by atoms with Gasteiger partial charge in [-0.1, -0.05) is 13.3 Å². The number of hydrogen-bond acceptors (Lipinski definition) is 5. The van der Waals surface area contributed by atoms with Gasteiger partial charge < -0.3 is 14.8 Å². The highest BCUT2D eigenvalue weighted by atomic mass is 32.2. The molecule has 27 heavy (non-hydrogen) atoms. The number of carbonyl (C=O) groups is 2. The van der Waals surface area contributed by atoms with E-state index in [1.54, 1.807) is 11.9 Å². The first-order valence-electron chi connectivity index (χ1n) is 9.68. The minimum atomic E-state index is -3.07. The average Bonchev–Trinajstić information content (AvgIpc) is 3.19. The molecule has 0 saturated carbocycles. The minimum absolute atomic E-state index is 0.0275. The normalized spacial score (nSPS) is 20.9. The molecule has 2 aliphatic heterocycles. The molecule has 0 bridgehead atoms. The number of unbranched alkanes of at least 4 members (excludes halogenated alkanes) is 1. The van der Waals surface area contributed by atoms with Gasteiger partial charge >= 0.3 is 0 Å². The molecule has 1 fully saturated rings. The number of fused-ring (bicyclic) bond motifs is 1. The van der Waals surface area contributed by atoms with Crippen molar-refractivity contribution in [1.29, 1.82) is 0 Å². The van der Waals surface area contributed by atoms with Crippen molar-refractivity contribution >= 4 is 21.7 Å². The lowest BCUT2D eigenvalue weighted by atomic mass is 10.1. The van der Waals surface area contributed by atoms with Crippen LogP contribution in [-0.2, 0) is 22.8 Å². The number of nitrogens with one attached hydrogen (secondary N) is 1. The van der Waals surface area contributed by atoms with Crippen molar-refractivity contribution in [3.8, 4) is 0 Å². The number of aromatic nitrogens is 2. The summed E-state index contributed by atoms with van der Waals surface area (Å²) in [6.07, 6.45) is 4.93. The first-order valence-corrected chi connectivity index (χ1v) is 11.5. The number of sulfone groups is 1. The summed E-state index contributed by atoms with van der Waals surface area (Å²) in [6.45, 7) is 3.40. The molecular weight excluding hydrogens is 368 g/mol. The molecule has 0 aliphatic carbocycles. The van der Waals surface area contributed by atoms with E-state index in [0.717, 1.165) is 31.4 Å². The van der Waals surface area contributed by atoms with Gasteiger partial charge in [-0.05, 0) is 32.1 Å². The van der Waals surface area contributed by atoms with Crippen LogP contribution in [0.1, 0.15) is 65.8 Å². The summed E-state index contributed by atoms with van der Waals surface area (Å²) in [5.41, 5.74) is 1.05. The van der Waals surface area contributed by atoms with Crippen LogP contribution < -0.4 is 5.32 Å². The van der Waals surface area contributed by atoms with Crippen molar-refractivity contribution in [3.05, 3.63) is 17.2 Å². The Kier molecular flexibility index (Phi) is 5.88. The molecule has 0 radical (unpaired) electrons. The third-order valence-electron chi connectivity index (χ3n) is 5.29. The van der Waals surface area contributed by atoms with Crippen molar-refractivity contribution in [1.82, 2.24) is 19.8 Å². The van der Waals surface area contributed by atoms with Gasteiger partial charge in [-0.15, -0.1) is 0 Å². The fraction of sp³-hybridized carbons (Fsp3) is 0.722. The molecule has 1 unspecified atom stereocenters. The third-order valence-corrected chi connectivity index (χ3v) is 7.05. The van der Waals surface area contributed by atoms with Crippen LogP contribution in [0.15, 0.2) is 0 Å².